The van der Waals surface area contributed by atoms with Crippen LogP contribution in [0.5, 0.6) is 0 Å². The summed E-state index contributed by atoms with van der Waals surface area (Å²) in [4.78, 5) is 24.0. The Morgan fingerprint density at radius 3 is 2.08 bits per heavy atom. The van der Waals surface area contributed by atoms with Gasteiger partial charge in [-0.05, 0) is 23.6 Å². The van der Waals surface area contributed by atoms with Gasteiger partial charge in [0.25, 0.3) is 0 Å². The van der Waals surface area contributed by atoms with Gasteiger partial charge in [-0.15, -0.1) is 10.2 Å². The predicted molar refractivity (Wildman–Crippen MR) is 106 cm³/mol. The van der Waals surface area contributed by atoms with Crippen LogP contribution in [0.25, 0.3) is 0 Å². The highest BCUT2D eigenvalue weighted by atomic mass is 32.1. The van der Waals surface area contributed by atoms with E-state index in [4.69, 9.17) is 0 Å². The molecule has 2 amide bonds. The molecular formula is C19H26N4O2S. The fourth-order valence-corrected chi connectivity index (χ4v) is 2.98. The van der Waals surface area contributed by atoms with Crippen LogP contribution in [0.2, 0.25) is 0 Å². The van der Waals surface area contributed by atoms with Crippen LogP contribution in [0.15, 0.2) is 24.3 Å². The van der Waals surface area contributed by atoms with Gasteiger partial charge >= 0.3 is 0 Å². The van der Waals surface area contributed by atoms with Crippen molar-refractivity contribution in [2.75, 3.05) is 10.6 Å². The molecule has 0 fully saturated rings. The summed E-state index contributed by atoms with van der Waals surface area (Å²) in [5.41, 5.74) is 1.85. The zero-order chi connectivity index (χ0) is 19.3. The largest absolute Gasteiger partial charge is 0.326 e. The summed E-state index contributed by atoms with van der Waals surface area (Å²) < 4.78 is 0. The Morgan fingerprint density at radius 2 is 1.58 bits per heavy atom. The second-order valence-electron chi connectivity index (χ2n) is 7.54. The number of amides is 2. The van der Waals surface area contributed by atoms with Crippen molar-refractivity contribution in [1.29, 1.82) is 0 Å². The van der Waals surface area contributed by atoms with Gasteiger partial charge in [0, 0.05) is 23.9 Å². The smallest absolute Gasteiger partial charge is 0.226 e. The number of aromatic nitrogens is 2. The zero-order valence-electron chi connectivity index (χ0n) is 15.9. The van der Waals surface area contributed by atoms with E-state index < -0.39 is 0 Å². The van der Waals surface area contributed by atoms with E-state index in [0.29, 0.717) is 11.0 Å². The monoisotopic (exact) mass is 374 g/mol. The molecule has 2 aromatic rings. The predicted octanol–water partition coefficient (Wildman–Crippen LogP) is 4.32. The SMILES string of the molecule is CC(C)c1ccc(NC(=O)CCC(=O)Nc2nnc(C(C)(C)C)s2)cc1. The second-order valence-corrected chi connectivity index (χ2v) is 8.51. The van der Waals surface area contributed by atoms with Crippen LogP contribution < -0.4 is 10.6 Å². The van der Waals surface area contributed by atoms with Crippen molar-refractivity contribution in [3.63, 3.8) is 0 Å². The van der Waals surface area contributed by atoms with Gasteiger partial charge in [0.2, 0.25) is 16.9 Å². The van der Waals surface area contributed by atoms with Crippen molar-refractivity contribution in [2.45, 2.75) is 58.8 Å². The molecule has 0 radical (unpaired) electrons. The molecule has 0 atom stereocenters. The van der Waals surface area contributed by atoms with Crippen LogP contribution in [0.3, 0.4) is 0 Å². The van der Waals surface area contributed by atoms with Gasteiger partial charge in [-0.3, -0.25) is 9.59 Å². The Hall–Kier alpha value is -2.28. The lowest BCUT2D eigenvalue weighted by molar-refractivity contribution is -0.121. The molecule has 1 heterocycles. The van der Waals surface area contributed by atoms with Crippen molar-refractivity contribution in [3.8, 4) is 0 Å². The van der Waals surface area contributed by atoms with Gasteiger partial charge in [-0.2, -0.15) is 0 Å². The molecular weight excluding hydrogens is 348 g/mol. The first kappa shape index (κ1) is 20.0. The maximum absolute atomic E-state index is 12.0. The van der Waals surface area contributed by atoms with Crippen LogP contribution in [0.1, 0.15) is 63.9 Å². The topological polar surface area (TPSA) is 84.0 Å². The summed E-state index contributed by atoms with van der Waals surface area (Å²) in [7, 11) is 0. The summed E-state index contributed by atoms with van der Waals surface area (Å²) in [6.07, 6.45) is 0.211. The van der Waals surface area contributed by atoms with Crippen molar-refractivity contribution in [1.82, 2.24) is 10.2 Å². The third-order valence-electron chi connectivity index (χ3n) is 3.75. The average molecular weight is 375 g/mol. The first-order valence-corrected chi connectivity index (χ1v) is 9.50. The van der Waals surface area contributed by atoms with E-state index in [0.717, 1.165) is 10.7 Å². The van der Waals surface area contributed by atoms with Crippen LogP contribution in [0.4, 0.5) is 10.8 Å². The molecule has 2 rings (SSSR count). The first-order chi connectivity index (χ1) is 12.1. The molecule has 2 N–H and O–H groups in total. The van der Waals surface area contributed by atoms with E-state index in [1.807, 2.05) is 45.0 Å². The van der Waals surface area contributed by atoms with Crippen molar-refractivity contribution >= 4 is 34.0 Å². The first-order valence-electron chi connectivity index (χ1n) is 8.69. The van der Waals surface area contributed by atoms with E-state index in [9.17, 15) is 9.59 Å². The molecule has 26 heavy (non-hydrogen) atoms. The van der Waals surface area contributed by atoms with Gasteiger partial charge in [-0.25, -0.2) is 0 Å². The lowest BCUT2D eigenvalue weighted by Gasteiger charge is -2.12. The lowest BCUT2D eigenvalue weighted by atomic mass is 9.98. The molecule has 7 heteroatoms. The number of nitrogens with zero attached hydrogens (tertiary/aromatic N) is 2. The van der Waals surface area contributed by atoms with Crippen LogP contribution >= 0.6 is 11.3 Å². The Balaban J connectivity index is 1.79. The molecule has 6 nitrogen and oxygen atoms in total. The van der Waals surface area contributed by atoms with Gasteiger partial charge in [-0.1, -0.05) is 58.1 Å². The van der Waals surface area contributed by atoms with Crippen LogP contribution in [0, 0.1) is 0 Å². The van der Waals surface area contributed by atoms with Crippen LogP contribution in [-0.2, 0) is 15.0 Å². The minimum absolute atomic E-state index is 0.0976. The highest BCUT2D eigenvalue weighted by Crippen LogP contribution is 2.27. The molecule has 0 aliphatic rings. The lowest BCUT2D eigenvalue weighted by Crippen LogP contribution is -2.17. The summed E-state index contributed by atoms with van der Waals surface area (Å²) in [6.45, 7) is 10.4. The third-order valence-corrected chi connectivity index (χ3v) is 5.02. The van der Waals surface area contributed by atoms with E-state index >= 15 is 0 Å². The van der Waals surface area contributed by atoms with Crippen molar-refractivity contribution in [2.24, 2.45) is 0 Å². The molecule has 140 valence electrons. The van der Waals surface area contributed by atoms with E-state index in [-0.39, 0.29) is 30.1 Å². The number of hydrogen-bond acceptors (Lipinski definition) is 5. The second kappa shape index (κ2) is 8.40. The van der Waals surface area contributed by atoms with Gasteiger partial charge in [0.1, 0.15) is 5.01 Å². The van der Waals surface area contributed by atoms with Crippen molar-refractivity contribution in [3.05, 3.63) is 34.8 Å². The Kier molecular flexibility index (Phi) is 6.47. The fraction of sp³-hybridized carbons (Fsp3) is 0.474. The number of rotatable bonds is 6. The molecule has 0 saturated carbocycles. The molecule has 0 aliphatic heterocycles. The number of benzene rings is 1. The average Bonchev–Trinajstić information content (AvgIpc) is 3.02. The molecule has 0 saturated heterocycles. The van der Waals surface area contributed by atoms with Gasteiger partial charge in [0.05, 0.1) is 0 Å². The highest BCUT2D eigenvalue weighted by molar-refractivity contribution is 7.15. The number of hydrogen-bond donors (Lipinski definition) is 2. The number of anilines is 2. The van der Waals surface area contributed by atoms with Gasteiger partial charge in [0.15, 0.2) is 0 Å². The maximum atomic E-state index is 12.0. The molecule has 0 bridgehead atoms. The molecule has 0 unspecified atom stereocenters. The maximum Gasteiger partial charge on any atom is 0.226 e. The number of carbonyl (C=O) groups is 2. The fourth-order valence-electron chi connectivity index (χ4n) is 2.16. The third kappa shape index (κ3) is 5.91. The highest BCUT2D eigenvalue weighted by Gasteiger charge is 2.20. The Bertz CT molecular complexity index is 761. The minimum Gasteiger partial charge on any atom is -0.326 e. The van der Waals surface area contributed by atoms with E-state index in [1.165, 1.54) is 16.9 Å². The van der Waals surface area contributed by atoms with Gasteiger partial charge < -0.3 is 10.6 Å². The van der Waals surface area contributed by atoms with E-state index in [2.05, 4.69) is 34.7 Å². The molecule has 1 aromatic carbocycles. The molecule has 0 spiro atoms. The van der Waals surface area contributed by atoms with Crippen molar-refractivity contribution < 1.29 is 9.59 Å². The standard InChI is InChI=1S/C19H26N4O2S/c1-12(2)13-6-8-14(9-7-13)20-15(24)10-11-16(25)21-18-23-22-17(26-18)19(3,4)5/h6-9,12H,10-11H2,1-5H3,(H,20,24)(H,21,23,25). The Morgan fingerprint density at radius 1 is 1.00 bits per heavy atom. The number of carbonyl (C=O) groups excluding carboxylic acids is 2. The zero-order valence-corrected chi connectivity index (χ0v) is 16.7. The number of nitrogens with one attached hydrogen (secondary N) is 2. The van der Waals surface area contributed by atoms with Crippen LogP contribution in [-0.4, -0.2) is 22.0 Å². The summed E-state index contributed by atoms with van der Waals surface area (Å²) >= 11 is 1.35. The summed E-state index contributed by atoms with van der Waals surface area (Å²) in [6, 6.07) is 7.75. The Labute approximate surface area is 158 Å². The normalized spacial score (nSPS) is 11.5. The minimum atomic E-state index is -0.244. The summed E-state index contributed by atoms with van der Waals surface area (Å²) in [5.74, 6) is 0.0135. The van der Waals surface area contributed by atoms with E-state index in [1.54, 1.807) is 0 Å². The molecule has 1 aromatic heterocycles. The summed E-state index contributed by atoms with van der Waals surface area (Å²) in [5, 5.41) is 14.9. The quantitative estimate of drug-likeness (QED) is 0.789. The molecule has 0 aliphatic carbocycles.